The van der Waals surface area contributed by atoms with Crippen LogP contribution >= 0.6 is 11.6 Å². The van der Waals surface area contributed by atoms with Crippen LogP contribution in [0.25, 0.3) is 0 Å². The zero-order chi connectivity index (χ0) is 9.68. The Morgan fingerprint density at radius 1 is 1.46 bits per heavy atom. The second-order valence-corrected chi connectivity index (χ2v) is 4.12. The van der Waals surface area contributed by atoms with Gasteiger partial charge in [-0.15, -0.1) is 11.6 Å². The molecule has 1 unspecified atom stereocenters. The number of aliphatic hydroxyl groups is 1. The second-order valence-electron chi connectivity index (χ2n) is 3.74. The molecule has 0 heterocycles. The van der Waals surface area contributed by atoms with Crippen LogP contribution in [-0.2, 0) is 0 Å². The predicted octanol–water partition coefficient (Wildman–Crippen LogP) is 2.31. The van der Waals surface area contributed by atoms with Crippen LogP contribution in [0.5, 0.6) is 0 Å². The van der Waals surface area contributed by atoms with Crippen molar-refractivity contribution in [1.29, 1.82) is 5.26 Å². The van der Waals surface area contributed by atoms with Crippen LogP contribution in [0.2, 0.25) is 0 Å². The highest BCUT2D eigenvalue weighted by atomic mass is 35.5. The summed E-state index contributed by atoms with van der Waals surface area (Å²) in [5, 5.41) is 18.5. The summed E-state index contributed by atoms with van der Waals surface area (Å²) in [6.45, 7) is 0. The highest BCUT2D eigenvalue weighted by Gasteiger charge is 2.31. The van der Waals surface area contributed by atoms with Gasteiger partial charge >= 0.3 is 0 Å². The van der Waals surface area contributed by atoms with Gasteiger partial charge in [0.15, 0.2) is 0 Å². The van der Waals surface area contributed by atoms with Gasteiger partial charge in [-0.05, 0) is 31.6 Å². The topological polar surface area (TPSA) is 44.0 Å². The summed E-state index contributed by atoms with van der Waals surface area (Å²) in [7, 11) is 0. The van der Waals surface area contributed by atoms with Crippen LogP contribution < -0.4 is 0 Å². The van der Waals surface area contributed by atoms with E-state index in [0.29, 0.717) is 11.8 Å². The molecular formula is C10H16ClNO. The van der Waals surface area contributed by atoms with Crippen LogP contribution in [0.1, 0.15) is 32.1 Å². The van der Waals surface area contributed by atoms with Crippen LogP contribution in [0.3, 0.4) is 0 Å². The first-order valence-electron chi connectivity index (χ1n) is 4.93. The lowest BCUT2D eigenvalue weighted by molar-refractivity contribution is 0.0583. The van der Waals surface area contributed by atoms with Crippen molar-refractivity contribution in [2.24, 2.45) is 11.8 Å². The molecule has 3 heteroatoms. The summed E-state index contributed by atoms with van der Waals surface area (Å²) in [4.78, 5) is 0. The van der Waals surface area contributed by atoms with E-state index in [4.69, 9.17) is 16.9 Å². The van der Waals surface area contributed by atoms with Gasteiger partial charge in [0.2, 0.25) is 0 Å². The SMILES string of the molecule is N#CC1[C@H](CCCCl)CCC[C@@H]1O. The molecule has 0 bridgehead atoms. The average Bonchev–Trinajstić information content (AvgIpc) is 2.15. The van der Waals surface area contributed by atoms with E-state index in [1.54, 1.807) is 0 Å². The maximum Gasteiger partial charge on any atom is 0.0750 e. The number of halogens is 1. The summed E-state index contributed by atoms with van der Waals surface area (Å²) >= 11 is 5.60. The summed E-state index contributed by atoms with van der Waals surface area (Å²) < 4.78 is 0. The number of alkyl halides is 1. The van der Waals surface area contributed by atoms with Crippen molar-refractivity contribution in [3.63, 3.8) is 0 Å². The van der Waals surface area contributed by atoms with Crippen molar-refractivity contribution in [1.82, 2.24) is 0 Å². The third-order valence-corrected chi connectivity index (χ3v) is 3.12. The van der Waals surface area contributed by atoms with Gasteiger partial charge in [0.25, 0.3) is 0 Å². The third-order valence-electron chi connectivity index (χ3n) is 2.85. The molecule has 0 amide bonds. The number of nitrogens with zero attached hydrogens (tertiary/aromatic N) is 1. The van der Waals surface area contributed by atoms with Gasteiger partial charge in [-0.2, -0.15) is 5.26 Å². The minimum atomic E-state index is -0.404. The van der Waals surface area contributed by atoms with Crippen molar-refractivity contribution in [2.45, 2.75) is 38.2 Å². The molecule has 1 fully saturated rings. The Balaban J connectivity index is 2.45. The highest BCUT2D eigenvalue weighted by Crippen LogP contribution is 2.33. The molecule has 1 aliphatic carbocycles. The monoisotopic (exact) mass is 201 g/mol. The van der Waals surface area contributed by atoms with E-state index in [2.05, 4.69) is 6.07 Å². The summed E-state index contributed by atoms with van der Waals surface area (Å²) in [5.41, 5.74) is 0. The van der Waals surface area contributed by atoms with Crippen molar-refractivity contribution in [2.75, 3.05) is 5.88 Å². The van der Waals surface area contributed by atoms with Crippen LogP contribution in [0.4, 0.5) is 0 Å². The van der Waals surface area contributed by atoms with Gasteiger partial charge in [-0.1, -0.05) is 6.42 Å². The number of hydrogen-bond acceptors (Lipinski definition) is 2. The first kappa shape index (κ1) is 10.8. The van der Waals surface area contributed by atoms with Crippen LogP contribution in [-0.4, -0.2) is 17.1 Å². The molecule has 1 saturated carbocycles. The lowest BCUT2D eigenvalue weighted by Gasteiger charge is -2.30. The minimum Gasteiger partial charge on any atom is -0.392 e. The van der Waals surface area contributed by atoms with Gasteiger partial charge in [0.1, 0.15) is 0 Å². The molecule has 0 aromatic rings. The Labute approximate surface area is 84.5 Å². The standard InChI is InChI=1S/C10H16ClNO/c11-6-2-4-8-3-1-5-10(13)9(8)7-12/h8-10,13H,1-6H2/t8-,9?,10-/m0/s1. The van der Waals surface area contributed by atoms with E-state index in [1.165, 1.54) is 0 Å². The van der Waals surface area contributed by atoms with E-state index in [1.807, 2.05) is 0 Å². The molecule has 0 aromatic heterocycles. The van der Waals surface area contributed by atoms with Gasteiger partial charge in [0.05, 0.1) is 18.1 Å². The second kappa shape index (κ2) is 5.47. The Hall–Kier alpha value is -0.260. The average molecular weight is 202 g/mol. The minimum absolute atomic E-state index is 0.156. The Bertz CT molecular complexity index is 190. The van der Waals surface area contributed by atoms with Crippen molar-refractivity contribution < 1.29 is 5.11 Å². The third kappa shape index (κ3) is 2.86. The maximum atomic E-state index is 9.58. The fourth-order valence-corrected chi connectivity index (χ4v) is 2.27. The van der Waals surface area contributed by atoms with Crippen molar-refractivity contribution in [3.05, 3.63) is 0 Å². The van der Waals surface area contributed by atoms with E-state index >= 15 is 0 Å². The molecule has 1 rings (SSSR count). The molecule has 0 spiro atoms. The lowest BCUT2D eigenvalue weighted by atomic mass is 9.76. The Morgan fingerprint density at radius 3 is 2.85 bits per heavy atom. The molecule has 0 aliphatic heterocycles. The molecule has 0 radical (unpaired) electrons. The number of nitriles is 1. The number of hydrogen-bond donors (Lipinski definition) is 1. The summed E-state index contributed by atoms with van der Waals surface area (Å²) in [5.74, 6) is 0.870. The first-order chi connectivity index (χ1) is 6.29. The summed E-state index contributed by atoms with van der Waals surface area (Å²) in [6.07, 6.45) is 4.45. The number of rotatable bonds is 3. The largest absolute Gasteiger partial charge is 0.392 e. The zero-order valence-corrected chi connectivity index (χ0v) is 8.50. The van der Waals surface area contributed by atoms with Crippen molar-refractivity contribution >= 4 is 11.6 Å². The molecule has 0 aromatic carbocycles. The van der Waals surface area contributed by atoms with Crippen molar-refractivity contribution in [3.8, 4) is 6.07 Å². The molecule has 74 valence electrons. The van der Waals surface area contributed by atoms with Gasteiger partial charge in [-0.25, -0.2) is 0 Å². The molecule has 3 atom stereocenters. The van der Waals surface area contributed by atoms with E-state index in [9.17, 15) is 5.11 Å². The predicted molar refractivity (Wildman–Crippen MR) is 52.4 cm³/mol. The van der Waals surface area contributed by atoms with Gasteiger partial charge < -0.3 is 5.11 Å². The smallest absolute Gasteiger partial charge is 0.0750 e. The number of aliphatic hydroxyl groups excluding tert-OH is 1. The molecule has 0 saturated heterocycles. The zero-order valence-electron chi connectivity index (χ0n) is 7.75. The Kier molecular flexibility index (Phi) is 4.55. The van der Waals surface area contributed by atoms with Gasteiger partial charge in [0, 0.05) is 5.88 Å². The fraction of sp³-hybridized carbons (Fsp3) is 0.900. The molecule has 1 N–H and O–H groups in total. The lowest BCUT2D eigenvalue weighted by Crippen LogP contribution is -2.31. The first-order valence-corrected chi connectivity index (χ1v) is 5.46. The molecular weight excluding hydrogens is 186 g/mol. The summed E-state index contributed by atoms with van der Waals surface area (Å²) in [6, 6.07) is 2.22. The van der Waals surface area contributed by atoms with Gasteiger partial charge in [-0.3, -0.25) is 0 Å². The molecule has 2 nitrogen and oxygen atoms in total. The molecule has 1 aliphatic rings. The Morgan fingerprint density at radius 2 is 2.23 bits per heavy atom. The normalized spacial score (nSPS) is 34.1. The fourth-order valence-electron chi connectivity index (χ4n) is 2.12. The molecule has 13 heavy (non-hydrogen) atoms. The van der Waals surface area contributed by atoms with Crippen LogP contribution in [0, 0.1) is 23.2 Å². The quantitative estimate of drug-likeness (QED) is 0.713. The van der Waals surface area contributed by atoms with E-state index in [0.717, 1.165) is 32.1 Å². The van der Waals surface area contributed by atoms with E-state index in [-0.39, 0.29) is 5.92 Å². The van der Waals surface area contributed by atoms with Crippen LogP contribution in [0.15, 0.2) is 0 Å². The maximum absolute atomic E-state index is 9.58. The highest BCUT2D eigenvalue weighted by molar-refractivity contribution is 6.17. The van der Waals surface area contributed by atoms with E-state index < -0.39 is 6.10 Å².